The fraction of sp³-hybridized carbons (Fsp3) is 0.281. The predicted molar refractivity (Wildman–Crippen MR) is 166 cm³/mol. The number of furan rings is 1. The Kier molecular flexibility index (Phi) is 9.30. The Bertz CT molecular complexity index is 1990. The van der Waals surface area contributed by atoms with Gasteiger partial charge < -0.3 is 23.4 Å². The summed E-state index contributed by atoms with van der Waals surface area (Å²) in [6, 6.07) is 12.3. The van der Waals surface area contributed by atoms with Gasteiger partial charge >= 0.3 is 5.97 Å². The molecule has 0 aliphatic carbocycles. The third kappa shape index (κ3) is 6.17. The van der Waals surface area contributed by atoms with Crippen LogP contribution in [-0.4, -0.2) is 49.5 Å². The van der Waals surface area contributed by atoms with Crippen LogP contribution in [0.5, 0.6) is 11.5 Å². The summed E-state index contributed by atoms with van der Waals surface area (Å²) in [4.78, 5) is 43.3. The number of para-hydroxylation sites is 1. The van der Waals surface area contributed by atoms with Crippen molar-refractivity contribution in [3.05, 3.63) is 106 Å². The fourth-order valence-corrected chi connectivity index (χ4v) is 6.15. The summed E-state index contributed by atoms with van der Waals surface area (Å²) in [6.07, 6.45) is 1.61. The minimum absolute atomic E-state index is 0.0144. The van der Waals surface area contributed by atoms with Gasteiger partial charge in [0.05, 0.1) is 41.0 Å². The second-order valence-electron chi connectivity index (χ2n) is 9.98. The van der Waals surface area contributed by atoms with Gasteiger partial charge in [-0.25, -0.2) is 9.79 Å². The Hall–Kier alpha value is -5.01. The monoisotopic (exact) mass is 633 g/mol. The van der Waals surface area contributed by atoms with E-state index in [1.165, 1.54) is 30.9 Å². The largest absolute Gasteiger partial charge is 0.493 e. The minimum Gasteiger partial charge on any atom is -0.493 e. The molecule has 13 heteroatoms. The van der Waals surface area contributed by atoms with E-state index in [-0.39, 0.29) is 24.5 Å². The van der Waals surface area contributed by atoms with Crippen LogP contribution in [0.3, 0.4) is 0 Å². The zero-order valence-corrected chi connectivity index (χ0v) is 26.1. The number of allylic oxidation sites excluding steroid dienone is 1. The summed E-state index contributed by atoms with van der Waals surface area (Å²) in [5.74, 6) is 1.10. The standard InChI is InChI=1S/C32H31N3O9S/c1-6-42-29-23(8-7-9-25(29)41-5)28-27(31(37)43-15-14-40-4)19(3)33-32-34(28)30(36)26(45-32)17-21-11-13-24(44-21)22-12-10-20(35(38)39)16-18(22)2/h7-13,16-17,28H,6,14-15H2,1-5H3/b26-17+/t28-/m1/s1. The third-order valence-electron chi connectivity index (χ3n) is 7.16. The molecule has 0 unspecified atom stereocenters. The quantitative estimate of drug-likeness (QED) is 0.102. The number of benzene rings is 2. The Balaban J connectivity index is 1.64. The molecule has 0 saturated heterocycles. The van der Waals surface area contributed by atoms with Gasteiger partial charge in [0.1, 0.15) is 24.2 Å². The van der Waals surface area contributed by atoms with E-state index >= 15 is 0 Å². The van der Waals surface area contributed by atoms with Gasteiger partial charge in [-0.15, -0.1) is 0 Å². The maximum absolute atomic E-state index is 14.1. The van der Waals surface area contributed by atoms with Crippen molar-refractivity contribution in [1.29, 1.82) is 0 Å². The molecule has 4 aromatic rings. The number of methoxy groups -OCH3 is 2. The number of hydrogen-bond acceptors (Lipinski definition) is 11. The maximum Gasteiger partial charge on any atom is 0.338 e. The molecule has 0 spiro atoms. The lowest BCUT2D eigenvalue weighted by molar-refractivity contribution is -0.384. The van der Waals surface area contributed by atoms with Crippen LogP contribution in [0.15, 0.2) is 74.0 Å². The lowest BCUT2D eigenvalue weighted by Crippen LogP contribution is -2.40. The van der Waals surface area contributed by atoms with Gasteiger partial charge in [-0.05, 0) is 50.6 Å². The van der Waals surface area contributed by atoms with E-state index in [0.717, 1.165) is 11.3 Å². The molecule has 1 aliphatic heterocycles. The van der Waals surface area contributed by atoms with Gasteiger partial charge in [0.25, 0.3) is 11.2 Å². The van der Waals surface area contributed by atoms with Gasteiger partial charge in [-0.2, -0.15) is 0 Å². The van der Waals surface area contributed by atoms with Crippen molar-refractivity contribution in [1.82, 2.24) is 4.57 Å². The number of thiazole rings is 1. The number of nitro benzene ring substituents is 1. The molecule has 45 heavy (non-hydrogen) atoms. The first-order valence-corrected chi connectivity index (χ1v) is 14.8. The summed E-state index contributed by atoms with van der Waals surface area (Å²) in [5, 5.41) is 11.1. The SMILES string of the molecule is CCOc1c(OC)cccc1[C@@H]1C(C(=O)OCCOC)=C(C)N=c2s/c(=C/c3ccc(-c4ccc([N+](=O)[O-])cc4C)o3)c(=O)n21. The first-order chi connectivity index (χ1) is 21.7. The van der Waals surface area contributed by atoms with E-state index in [4.69, 9.17) is 23.4 Å². The summed E-state index contributed by atoms with van der Waals surface area (Å²) in [5.41, 5.74) is 2.07. The van der Waals surface area contributed by atoms with Gasteiger partial charge in [-0.3, -0.25) is 19.5 Å². The zero-order valence-electron chi connectivity index (χ0n) is 25.3. The highest BCUT2D eigenvalue weighted by Crippen LogP contribution is 2.41. The number of ether oxygens (including phenoxy) is 4. The van der Waals surface area contributed by atoms with Crippen molar-refractivity contribution in [2.75, 3.05) is 34.0 Å². The predicted octanol–water partition coefficient (Wildman–Crippen LogP) is 4.31. The number of aromatic nitrogens is 1. The third-order valence-corrected chi connectivity index (χ3v) is 8.14. The minimum atomic E-state index is -0.926. The number of non-ortho nitro benzene ring substituents is 1. The van der Waals surface area contributed by atoms with E-state index < -0.39 is 22.5 Å². The van der Waals surface area contributed by atoms with Crippen molar-refractivity contribution in [2.45, 2.75) is 26.8 Å². The highest BCUT2D eigenvalue weighted by atomic mass is 32.1. The molecule has 0 bridgehead atoms. The van der Waals surface area contributed by atoms with Crippen LogP contribution in [-0.2, 0) is 14.3 Å². The van der Waals surface area contributed by atoms with E-state index in [1.807, 2.05) is 6.92 Å². The van der Waals surface area contributed by atoms with Gasteiger partial charge in [0.15, 0.2) is 16.3 Å². The molecule has 1 atom stereocenters. The second-order valence-corrected chi connectivity index (χ2v) is 11.0. The number of fused-ring (bicyclic) bond motifs is 1. The van der Waals surface area contributed by atoms with Crippen LogP contribution in [0.25, 0.3) is 17.4 Å². The molecular weight excluding hydrogens is 602 g/mol. The number of hydrogen-bond donors (Lipinski definition) is 0. The topological polar surface area (TPSA) is 145 Å². The van der Waals surface area contributed by atoms with Crippen molar-refractivity contribution in [3.63, 3.8) is 0 Å². The molecule has 5 rings (SSSR count). The smallest absolute Gasteiger partial charge is 0.338 e. The van der Waals surface area contributed by atoms with E-state index in [1.54, 1.807) is 56.3 Å². The lowest BCUT2D eigenvalue weighted by atomic mass is 9.94. The van der Waals surface area contributed by atoms with Crippen LogP contribution >= 0.6 is 11.3 Å². The molecule has 0 radical (unpaired) electrons. The van der Waals surface area contributed by atoms with Crippen LogP contribution in [0.2, 0.25) is 0 Å². The van der Waals surface area contributed by atoms with Gasteiger partial charge in [-0.1, -0.05) is 23.5 Å². The van der Waals surface area contributed by atoms with Crippen molar-refractivity contribution >= 4 is 29.1 Å². The summed E-state index contributed by atoms with van der Waals surface area (Å²) in [6.45, 7) is 5.84. The molecule has 12 nitrogen and oxygen atoms in total. The Morgan fingerprint density at radius 2 is 1.96 bits per heavy atom. The van der Waals surface area contributed by atoms with Gasteiger partial charge in [0.2, 0.25) is 0 Å². The first-order valence-electron chi connectivity index (χ1n) is 14.0. The molecule has 2 aromatic heterocycles. The molecule has 0 fully saturated rings. The number of aryl methyl sites for hydroxylation is 1. The maximum atomic E-state index is 14.1. The van der Waals surface area contributed by atoms with Crippen LogP contribution in [0.4, 0.5) is 5.69 Å². The average Bonchev–Trinajstić information content (AvgIpc) is 3.60. The zero-order chi connectivity index (χ0) is 32.2. The van der Waals surface area contributed by atoms with Crippen LogP contribution in [0, 0.1) is 17.0 Å². The number of nitrogens with zero attached hydrogens (tertiary/aromatic N) is 3. The van der Waals surface area contributed by atoms with Crippen molar-refractivity contribution < 1.29 is 33.1 Å². The first kappa shape index (κ1) is 31.4. The molecule has 0 amide bonds. The molecule has 0 N–H and O–H groups in total. The van der Waals surface area contributed by atoms with Gasteiger partial charge in [0, 0.05) is 36.4 Å². The number of nitro groups is 1. The second kappa shape index (κ2) is 13.3. The van der Waals surface area contributed by atoms with Crippen molar-refractivity contribution in [2.24, 2.45) is 4.99 Å². The number of rotatable bonds is 11. The lowest BCUT2D eigenvalue weighted by Gasteiger charge is -2.27. The normalized spacial score (nSPS) is 14.6. The average molecular weight is 634 g/mol. The number of esters is 1. The molecule has 234 valence electrons. The van der Waals surface area contributed by atoms with Crippen LogP contribution in [0.1, 0.15) is 36.8 Å². The molecule has 1 aliphatic rings. The summed E-state index contributed by atoms with van der Waals surface area (Å²) >= 11 is 1.15. The Morgan fingerprint density at radius 3 is 2.64 bits per heavy atom. The van der Waals surface area contributed by atoms with Crippen molar-refractivity contribution in [3.8, 4) is 22.8 Å². The van der Waals surface area contributed by atoms with E-state index in [2.05, 4.69) is 4.99 Å². The fourth-order valence-electron chi connectivity index (χ4n) is 5.12. The number of carbonyl (C=O) groups excluding carboxylic acids is 1. The Labute approximate surface area is 261 Å². The van der Waals surface area contributed by atoms with E-state index in [9.17, 15) is 19.7 Å². The summed E-state index contributed by atoms with van der Waals surface area (Å²) < 4.78 is 29.9. The Morgan fingerprint density at radius 1 is 1.16 bits per heavy atom. The highest BCUT2D eigenvalue weighted by molar-refractivity contribution is 7.07. The highest BCUT2D eigenvalue weighted by Gasteiger charge is 2.36. The molecule has 2 aromatic carbocycles. The van der Waals surface area contributed by atoms with Crippen LogP contribution < -0.4 is 24.4 Å². The molecule has 3 heterocycles. The number of carbonyl (C=O) groups is 1. The molecule has 0 saturated carbocycles. The molecular formula is C32H31N3O9S. The summed E-state index contributed by atoms with van der Waals surface area (Å²) in [7, 11) is 3.02. The van der Waals surface area contributed by atoms with E-state index in [0.29, 0.717) is 61.3 Å².